The highest BCUT2D eigenvalue weighted by Gasteiger charge is 2.17. The average molecular weight is 327 g/mol. The lowest BCUT2D eigenvalue weighted by Crippen LogP contribution is -2.48. The first kappa shape index (κ1) is 18.3. The molecule has 1 fully saturated rings. The predicted molar refractivity (Wildman–Crippen MR) is 87.5 cm³/mol. The maximum absolute atomic E-state index is 13.2. The minimum atomic E-state index is -0.815. The molecule has 0 radical (unpaired) electrons. The topological polar surface area (TPSA) is 30.0 Å². The average Bonchev–Trinajstić information content (AvgIpc) is 2.51. The normalized spacial score (nSPS) is 18.5. The van der Waals surface area contributed by atoms with Crippen LogP contribution in [0.3, 0.4) is 0 Å². The third kappa shape index (κ3) is 6.14. The summed E-state index contributed by atoms with van der Waals surface area (Å²) in [5.41, 5.74) is 0.768. The van der Waals surface area contributed by atoms with Gasteiger partial charge in [0, 0.05) is 45.8 Å². The van der Waals surface area contributed by atoms with Crippen LogP contribution >= 0.6 is 0 Å². The standard InChI is InChI=1S/C17H27F2N3O/c1-20-7-9-22(10-8-20)13-15(23)12-21(2)6-5-14-3-4-16(18)17(19)11-14/h3-4,11,15,23H,5-10,12-13H2,1-2H3. The number of nitrogens with zero attached hydrogens (tertiary/aromatic N) is 3. The number of piperazine rings is 1. The molecule has 1 aliphatic heterocycles. The van der Waals surface area contributed by atoms with Crippen LogP contribution in [0.15, 0.2) is 18.2 Å². The van der Waals surface area contributed by atoms with E-state index in [0.717, 1.165) is 37.8 Å². The molecule has 4 nitrogen and oxygen atoms in total. The van der Waals surface area contributed by atoms with Gasteiger partial charge in [0.2, 0.25) is 0 Å². The SMILES string of the molecule is CN1CCN(CC(O)CN(C)CCc2ccc(F)c(F)c2)CC1. The Morgan fingerprint density at radius 1 is 1.17 bits per heavy atom. The zero-order valence-corrected chi connectivity index (χ0v) is 14.0. The van der Waals surface area contributed by atoms with Gasteiger partial charge in [-0.1, -0.05) is 6.07 Å². The quantitative estimate of drug-likeness (QED) is 0.811. The minimum absolute atomic E-state index is 0.395. The van der Waals surface area contributed by atoms with Crippen molar-refractivity contribution in [2.45, 2.75) is 12.5 Å². The largest absolute Gasteiger partial charge is 0.390 e. The van der Waals surface area contributed by atoms with Crippen LogP contribution in [0.5, 0.6) is 0 Å². The van der Waals surface area contributed by atoms with Crippen LogP contribution in [-0.4, -0.2) is 85.8 Å². The van der Waals surface area contributed by atoms with Crippen molar-refractivity contribution >= 4 is 0 Å². The van der Waals surface area contributed by atoms with E-state index in [9.17, 15) is 13.9 Å². The Labute approximate surface area is 137 Å². The van der Waals surface area contributed by atoms with Gasteiger partial charge >= 0.3 is 0 Å². The van der Waals surface area contributed by atoms with E-state index in [1.165, 1.54) is 6.07 Å². The number of hydrogen-bond donors (Lipinski definition) is 1. The van der Waals surface area contributed by atoms with Crippen molar-refractivity contribution in [1.82, 2.24) is 14.7 Å². The van der Waals surface area contributed by atoms with Gasteiger partial charge in [0.15, 0.2) is 11.6 Å². The van der Waals surface area contributed by atoms with Gasteiger partial charge < -0.3 is 14.9 Å². The van der Waals surface area contributed by atoms with Gasteiger partial charge in [-0.2, -0.15) is 0 Å². The summed E-state index contributed by atoms with van der Waals surface area (Å²) in [6.45, 7) is 6.03. The van der Waals surface area contributed by atoms with Crippen molar-refractivity contribution in [3.05, 3.63) is 35.4 Å². The Morgan fingerprint density at radius 3 is 2.52 bits per heavy atom. The first-order valence-corrected chi connectivity index (χ1v) is 8.15. The fourth-order valence-electron chi connectivity index (χ4n) is 2.85. The molecule has 1 N–H and O–H groups in total. The molecule has 0 aliphatic carbocycles. The van der Waals surface area contributed by atoms with Crippen molar-refractivity contribution in [2.75, 3.05) is 59.9 Å². The molecule has 130 valence electrons. The van der Waals surface area contributed by atoms with E-state index in [2.05, 4.69) is 16.8 Å². The van der Waals surface area contributed by atoms with E-state index in [4.69, 9.17) is 0 Å². The van der Waals surface area contributed by atoms with Crippen LogP contribution in [0.2, 0.25) is 0 Å². The van der Waals surface area contributed by atoms with Gasteiger partial charge in [-0.3, -0.25) is 4.90 Å². The number of hydrogen-bond acceptors (Lipinski definition) is 4. The molecule has 0 amide bonds. The van der Waals surface area contributed by atoms with E-state index < -0.39 is 17.7 Å². The maximum atomic E-state index is 13.2. The van der Waals surface area contributed by atoms with Crippen LogP contribution in [0.25, 0.3) is 0 Å². The lowest BCUT2D eigenvalue weighted by molar-refractivity contribution is 0.0610. The van der Waals surface area contributed by atoms with Crippen molar-refractivity contribution < 1.29 is 13.9 Å². The molecule has 0 spiro atoms. The lowest BCUT2D eigenvalue weighted by atomic mass is 10.1. The summed E-state index contributed by atoms with van der Waals surface area (Å²) in [5, 5.41) is 10.2. The zero-order chi connectivity index (χ0) is 16.8. The van der Waals surface area contributed by atoms with E-state index in [1.807, 2.05) is 11.9 Å². The Balaban J connectivity index is 1.69. The third-order valence-corrected chi connectivity index (χ3v) is 4.35. The minimum Gasteiger partial charge on any atom is -0.390 e. The van der Waals surface area contributed by atoms with Gasteiger partial charge in [0.1, 0.15) is 0 Å². The predicted octanol–water partition coefficient (Wildman–Crippen LogP) is 1.05. The molecule has 6 heteroatoms. The molecule has 0 aromatic heterocycles. The Hall–Kier alpha value is -1.08. The second kappa shape index (κ2) is 8.68. The molecular formula is C17H27F2N3O. The van der Waals surface area contributed by atoms with E-state index in [0.29, 0.717) is 26.1 Å². The molecule has 1 aromatic carbocycles. The fourth-order valence-corrected chi connectivity index (χ4v) is 2.85. The van der Waals surface area contributed by atoms with Crippen molar-refractivity contribution in [3.63, 3.8) is 0 Å². The lowest BCUT2D eigenvalue weighted by Gasteiger charge is -2.34. The molecule has 23 heavy (non-hydrogen) atoms. The van der Waals surface area contributed by atoms with E-state index in [1.54, 1.807) is 6.07 Å². The number of aliphatic hydroxyl groups is 1. The van der Waals surface area contributed by atoms with Gasteiger partial charge in [-0.15, -0.1) is 0 Å². The monoisotopic (exact) mass is 327 g/mol. The molecule has 1 atom stereocenters. The van der Waals surface area contributed by atoms with E-state index >= 15 is 0 Å². The Bertz CT molecular complexity index is 493. The number of rotatable bonds is 7. The third-order valence-electron chi connectivity index (χ3n) is 4.35. The van der Waals surface area contributed by atoms with Crippen LogP contribution in [0.4, 0.5) is 8.78 Å². The van der Waals surface area contributed by atoms with Crippen molar-refractivity contribution in [3.8, 4) is 0 Å². The summed E-state index contributed by atoms with van der Waals surface area (Å²) in [6, 6.07) is 4.00. The molecule has 1 aliphatic rings. The van der Waals surface area contributed by atoms with Gasteiger partial charge in [-0.25, -0.2) is 8.78 Å². The summed E-state index contributed by atoms with van der Waals surface area (Å²) in [4.78, 5) is 6.60. The first-order valence-electron chi connectivity index (χ1n) is 8.15. The van der Waals surface area contributed by atoms with Crippen LogP contribution in [0.1, 0.15) is 5.56 Å². The molecule has 2 rings (SSSR count). The smallest absolute Gasteiger partial charge is 0.159 e. The summed E-state index contributed by atoms with van der Waals surface area (Å²) >= 11 is 0. The summed E-state index contributed by atoms with van der Waals surface area (Å²) in [6.07, 6.45) is 0.239. The molecule has 0 bridgehead atoms. The highest BCUT2D eigenvalue weighted by atomic mass is 19.2. The number of aliphatic hydroxyl groups excluding tert-OH is 1. The molecule has 1 saturated heterocycles. The molecular weight excluding hydrogens is 300 g/mol. The molecule has 0 saturated carbocycles. The summed E-state index contributed by atoms with van der Waals surface area (Å²) in [7, 11) is 4.05. The van der Waals surface area contributed by atoms with Crippen molar-refractivity contribution in [2.24, 2.45) is 0 Å². The van der Waals surface area contributed by atoms with Crippen LogP contribution in [0, 0.1) is 11.6 Å². The Kier molecular flexibility index (Phi) is 6.89. The molecule has 1 heterocycles. The van der Waals surface area contributed by atoms with E-state index in [-0.39, 0.29) is 0 Å². The Morgan fingerprint density at radius 2 is 1.87 bits per heavy atom. The maximum Gasteiger partial charge on any atom is 0.159 e. The van der Waals surface area contributed by atoms with Gasteiger partial charge in [0.25, 0.3) is 0 Å². The van der Waals surface area contributed by atoms with Crippen LogP contribution in [-0.2, 0) is 6.42 Å². The summed E-state index contributed by atoms with van der Waals surface area (Å²) in [5.74, 6) is -1.62. The number of benzene rings is 1. The summed E-state index contributed by atoms with van der Waals surface area (Å²) < 4.78 is 26.1. The molecule has 1 unspecified atom stereocenters. The first-order chi connectivity index (χ1) is 10.9. The number of β-amino-alcohol motifs (C(OH)–C–C–N with tert-alkyl or cyclic N) is 1. The second-order valence-electron chi connectivity index (χ2n) is 6.52. The van der Waals surface area contributed by atoms with Gasteiger partial charge in [0.05, 0.1) is 6.10 Å². The zero-order valence-electron chi connectivity index (χ0n) is 14.0. The number of halogens is 2. The highest BCUT2D eigenvalue weighted by molar-refractivity contribution is 5.18. The van der Waals surface area contributed by atoms with Gasteiger partial charge in [-0.05, 0) is 38.2 Å². The fraction of sp³-hybridized carbons (Fsp3) is 0.647. The van der Waals surface area contributed by atoms with Crippen LogP contribution < -0.4 is 0 Å². The van der Waals surface area contributed by atoms with Crippen molar-refractivity contribution in [1.29, 1.82) is 0 Å². The number of likely N-dealkylation sites (N-methyl/N-ethyl adjacent to an activating group) is 2. The molecule has 1 aromatic rings. The highest BCUT2D eigenvalue weighted by Crippen LogP contribution is 2.10. The second-order valence-corrected chi connectivity index (χ2v) is 6.52.